The molecule has 1 aromatic heterocycles. The number of nitrogens with one attached hydrogen (secondary N) is 2. The van der Waals surface area contributed by atoms with Crippen LogP contribution in [0, 0.1) is 13.8 Å². The van der Waals surface area contributed by atoms with Crippen LogP contribution in [0.1, 0.15) is 88.7 Å². The van der Waals surface area contributed by atoms with Gasteiger partial charge in [0.1, 0.15) is 0 Å². The molecule has 0 fully saturated rings. The number of benzene rings is 2. The van der Waals surface area contributed by atoms with Gasteiger partial charge in [-0.2, -0.15) is 0 Å². The molecule has 0 spiro atoms. The third kappa shape index (κ3) is 11.7. The molecule has 0 radical (unpaired) electrons. The standard InChI is InChI=1S/C20H29N3O2.C17H28N2O/c1-4-7-14-25-19-15-17(16-10-8-9-11-18(16)22-19)20(24)21-12-13-23(5-2)6-3;1-6-12-19(8-3)15(7-2)17(20)18-16-13(4)10-9-11-14(16)5/h8-11,15H,4-7,12-14H2,1-3H3,(H,21,24);9-11,15H,6-8,12H2,1-5H3,(H,18,20). The van der Waals surface area contributed by atoms with Gasteiger partial charge in [-0.1, -0.05) is 84.4 Å². The van der Waals surface area contributed by atoms with Crippen LogP contribution in [-0.4, -0.2) is 78.5 Å². The lowest BCUT2D eigenvalue weighted by Crippen LogP contribution is -2.44. The fourth-order valence-corrected chi connectivity index (χ4v) is 5.35. The fraction of sp³-hybridized carbons (Fsp3) is 0.541. The Morgan fingerprint density at radius 2 is 1.56 bits per heavy atom. The number of anilines is 1. The number of carbonyl (C=O) groups excluding carboxylic acids is 2. The molecule has 2 amide bonds. The first-order chi connectivity index (χ1) is 21.7. The van der Waals surface area contributed by atoms with Crippen LogP contribution in [-0.2, 0) is 4.79 Å². The van der Waals surface area contributed by atoms with Gasteiger partial charge in [-0.05, 0) is 76.5 Å². The summed E-state index contributed by atoms with van der Waals surface area (Å²) in [5, 5.41) is 7.00. The second-order valence-electron chi connectivity index (χ2n) is 11.3. The number of carbonyl (C=O) groups is 2. The highest BCUT2D eigenvalue weighted by molar-refractivity contribution is 6.06. The minimum absolute atomic E-state index is 0.0426. The van der Waals surface area contributed by atoms with Crippen LogP contribution >= 0.6 is 0 Å². The Hall–Kier alpha value is -3.49. The molecule has 3 aromatic rings. The molecule has 0 aliphatic carbocycles. The molecule has 0 bridgehead atoms. The maximum absolute atomic E-state index is 12.7. The van der Waals surface area contributed by atoms with Crippen LogP contribution in [0.3, 0.4) is 0 Å². The largest absolute Gasteiger partial charge is 0.478 e. The van der Waals surface area contributed by atoms with Crippen molar-refractivity contribution in [1.82, 2.24) is 20.1 Å². The second kappa shape index (κ2) is 20.5. The highest BCUT2D eigenvalue weighted by Gasteiger charge is 2.23. The predicted molar refractivity (Wildman–Crippen MR) is 188 cm³/mol. The Morgan fingerprint density at radius 1 is 0.867 bits per heavy atom. The van der Waals surface area contributed by atoms with E-state index in [-0.39, 0.29) is 17.9 Å². The van der Waals surface area contributed by atoms with E-state index in [9.17, 15) is 9.59 Å². The molecule has 1 heterocycles. The van der Waals surface area contributed by atoms with Crippen molar-refractivity contribution in [2.24, 2.45) is 0 Å². The first kappa shape index (κ1) is 37.7. The summed E-state index contributed by atoms with van der Waals surface area (Å²) in [6.07, 6.45) is 3.94. The van der Waals surface area contributed by atoms with Crippen molar-refractivity contribution >= 4 is 28.4 Å². The Morgan fingerprint density at radius 3 is 2.16 bits per heavy atom. The smallest absolute Gasteiger partial charge is 0.252 e. The Balaban J connectivity index is 0.000000322. The lowest BCUT2D eigenvalue weighted by molar-refractivity contribution is -0.121. The summed E-state index contributed by atoms with van der Waals surface area (Å²) in [4.78, 5) is 34.3. The number of unbranched alkanes of at least 4 members (excludes halogenated alkanes) is 1. The minimum atomic E-state index is -0.0777. The molecule has 1 atom stereocenters. The molecule has 0 aliphatic rings. The molecule has 8 heteroatoms. The summed E-state index contributed by atoms with van der Waals surface area (Å²) in [7, 11) is 0. The van der Waals surface area contributed by atoms with E-state index in [0.717, 1.165) is 86.1 Å². The van der Waals surface area contributed by atoms with Crippen LogP contribution in [0.15, 0.2) is 48.5 Å². The van der Waals surface area contributed by atoms with Gasteiger partial charge in [0, 0.05) is 30.2 Å². The molecule has 8 nitrogen and oxygen atoms in total. The van der Waals surface area contributed by atoms with Crippen LogP contribution in [0.25, 0.3) is 10.9 Å². The second-order valence-corrected chi connectivity index (χ2v) is 11.3. The monoisotopic (exact) mass is 619 g/mol. The van der Waals surface area contributed by atoms with E-state index in [2.05, 4.69) is 67.0 Å². The number of para-hydroxylation sites is 2. The molecule has 2 aromatic carbocycles. The number of amides is 2. The number of aryl methyl sites for hydroxylation is 2. The van der Waals surface area contributed by atoms with E-state index in [0.29, 0.717) is 24.6 Å². The van der Waals surface area contributed by atoms with Crippen LogP contribution in [0.5, 0.6) is 5.88 Å². The van der Waals surface area contributed by atoms with Crippen molar-refractivity contribution in [1.29, 1.82) is 0 Å². The van der Waals surface area contributed by atoms with Gasteiger partial charge in [0.05, 0.1) is 23.7 Å². The quantitative estimate of drug-likeness (QED) is 0.155. The third-order valence-corrected chi connectivity index (χ3v) is 8.07. The van der Waals surface area contributed by atoms with Gasteiger partial charge < -0.3 is 20.3 Å². The van der Waals surface area contributed by atoms with Crippen molar-refractivity contribution in [2.75, 3.05) is 51.2 Å². The van der Waals surface area contributed by atoms with Gasteiger partial charge in [-0.15, -0.1) is 0 Å². The van der Waals surface area contributed by atoms with E-state index >= 15 is 0 Å². The molecule has 2 N–H and O–H groups in total. The molecule has 45 heavy (non-hydrogen) atoms. The Bertz CT molecular complexity index is 1300. The number of hydrogen-bond donors (Lipinski definition) is 2. The summed E-state index contributed by atoms with van der Waals surface area (Å²) < 4.78 is 5.72. The fourth-order valence-electron chi connectivity index (χ4n) is 5.35. The molecule has 3 rings (SSSR count). The molecule has 1 unspecified atom stereocenters. The Labute approximate surface area is 271 Å². The topological polar surface area (TPSA) is 86.8 Å². The van der Waals surface area contributed by atoms with Crippen molar-refractivity contribution in [3.05, 3.63) is 65.2 Å². The van der Waals surface area contributed by atoms with E-state index in [4.69, 9.17) is 4.74 Å². The van der Waals surface area contributed by atoms with E-state index < -0.39 is 0 Å². The van der Waals surface area contributed by atoms with E-state index in [1.807, 2.05) is 56.3 Å². The lowest BCUT2D eigenvalue weighted by Gasteiger charge is -2.29. The number of nitrogens with zero attached hydrogens (tertiary/aromatic N) is 3. The summed E-state index contributed by atoms with van der Waals surface area (Å²) in [6.45, 7) is 22.7. The average molecular weight is 620 g/mol. The number of rotatable bonds is 17. The maximum Gasteiger partial charge on any atom is 0.252 e. The molecule has 248 valence electrons. The van der Waals surface area contributed by atoms with Crippen LogP contribution in [0.2, 0.25) is 0 Å². The molecular formula is C37H57N5O3. The Kier molecular flexibility index (Phi) is 17.2. The lowest BCUT2D eigenvalue weighted by atomic mass is 10.1. The van der Waals surface area contributed by atoms with Crippen molar-refractivity contribution in [2.45, 2.75) is 87.1 Å². The van der Waals surface area contributed by atoms with Gasteiger partial charge in [-0.3, -0.25) is 14.5 Å². The van der Waals surface area contributed by atoms with Gasteiger partial charge in [0.2, 0.25) is 11.8 Å². The van der Waals surface area contributed by atoms with E-state index in [1.165, 1.54) is 0 Å². The minimum Gasteiger partial charge on any atom is -0.478 e. The number of likely N-dealkylation sites (N-methyl/N-ethyl adjacent to an activating group) is 2. The first-order valence-corrected chi connectivity index (χ1v) is 16.9. The summed E-state index contributed by atoms with van der Waals surface area (Å²) >= 11 is 0. The SMILES string of the molecule is CCCCOc1cc(C(=O)NCCN(CC)CC)c2ccccc2n1.CCCN(CC)C(CC)C(=O)Nc1c(C)cccc1C. The van der Waals surface area contributed by atoms with Gasteiger partial charge >= 0.3 is 0 Å². The molecule has 0 aliphatic heterocycles. The zero-order valence-electron chi connectivity index (χ0n) is 29.0. The van der Waals surface area contributed by atoms with Crippen LogP contribution in [0.4, 0.5) is 5.69 Å². The zero-order chi connectivity index (χ0) is 33.2. The van der Waals surface area contributed by atoms with Crippen LogP contribution < -0.4 is 15.4 Å². The zero-order valence-corrected chi connectivity index (χ0v) is 29.0. The van der Waals surface area contributed by atoms with Gasteiger partial charge in [0.25, 0.3) is 5.91 Å². The first-order valence-electron chi connectivity index (χ1n) is 16.9. The van der Waals surface area contributed by atoms with E-state index in [1.54, 1.807) is 6.07 Å². The highest BCUT2D eigenvalue weighted by Crippen LogP contribution is 2.23. The number of fused-ring (bicyclic) bond motifs is 1. The average Bonchev–Trinajstić information content (AvgIpc) is 3.04. The normalized spacial score (nSPS) is 11.7. The van der Waals surface area contributed by atoms with Crippen molar-refractivity contribution in [3.8, 4) is 5.88 Å². The summed E-state index contributed by atoms with van der Waals surface area (Å²) in [5.41, 5.74) is 4.60. The molecular weight excluding hydrogens is 562 g/mol. The summed E-state index contributed by atoms with van der Waals surface area (Å²) in [5.74, 6) is 0.548. The number of pyridine rings is 1. The van der Waals surface area contributed by atoms with Gasteiger partial charge in [0.15, 0.2) is 0 Å². The summed E-state index contributed by atoms with van der Waals surface area (Å²) in [6, 6.07) is 15.5. The number of ether oxygens (including phenoxy) is 1. The molecule has 0 saturated heterocycles. The highest BCUT2D eigenvalue weighted by atomic mass is 16.5. The number of hydrogen-bond acceptors (Lipinski definition) is 6. The number of aromatic nitrogens is 1. The van der Waals surface area contributed by atoms with Crippen molar-refractivity contribution in [3.63, 3.8) is 0 Å². The predicted octanol–water partition coefficient (Wildman–Crippen LogP) is 7.24. The van der Waals surface area contributed by atoms with Crippen molar-refractivity contribution < 1.29 is 14.3 Å². The third-order valence-electron chi connectivity index (χ3n) is 8.07. The molecule has 0 saturated carbocycles. The van der Waals surface area contributed by atoms with Gasteiger partial charge in [-0.25, -0.2) is 4.98 Å². The maximum atomic E-state index is 12.7.